The standard InChI is InChI=1S/C21H30O3/c1-3-4-5-6-7-8-9-10-11-12-13-14-15-16-17-19-20(22)18(2)24-21(19)23/h3,6-9,18-20,22H,1,4-5,12-17H2,2H3/t18-,19+,20-/m0/s1. The first-order valence-corrected chi connectivity index (χ1v) is 8.96. The maximum atomic E-state index is 11.5. The molecule has 0 amide bonds. The van der Waals surface area contributed by atoms with Crippen molar-refractivity contribution in [2.75, 3.05) is 0 Å². The van der Waals surface area contributed by atoms with E-state index in [1.165, 1.54) is 0 Å². The van der Waals surface area contributed by atoms with Crippen molar-refractivity contribution in [3.63, 3.8) is 0 Å². The minimum absolute atomic E-state index is 0.244. The summed E-state index contributed by atoms with van der Waals surface area (Å²) in [6.07, 6.45) is 16.7. The monoisotopic (exact) mass is 330 g/mol. The molecule has 0 aromatic rings. The van der Waals surface area contributed by atoms with Gasteiger partial charge in [-0.15, -0.1) is 6.58 Å². The van der Waals surface area contributed by atoms with E-state index in [4.69, 9.17) is 4.74 Å². The molecule has 0 radical (unpaired) electrons. The first-order valence-electron chi connectivity index (χ1n) is 8.96. The molecule has 0 aliphatic carbocycles. The molecular formula is C21H30O3. The molecule has 3 nitrogen and oxygen atoms in total. The highest BCUT2D eigenvalue weighted by Gasteiger charge is 2.40. The Hall–Kier alpha value is -1.79. The number of esters is 1. The predicted octanol–water partition coefficient (Wildman–Crippen LogP) is 4.33. The lowest BCUT2D eigenvalue weighted by Gasteiger charge is -2.11. The van der Waals surface area contributed by atoms with E-state index in [0.29, 0.717) is 0 Å². The number of carbonyl (C=O) groups excluding carboxylic acids is 1. The van der Waals surface area contributed by atoms with Crippen LogP contribution in [0.15, 0.2) is 37.0 Å². The zero-order chi connectivity index (χ0) is 17.6. The molecule has 1 aliphatic rings. The van der Waals surface area contributed by atoms with Crippen LogP contribution in [-0.2, 0) is 9.53 Å². The van der Waals surface area contributed by atoms with Crippen LogP contribution in [0.2, 0.25) is 0 Å². The minimum Gasteiger partial charge on any atom is -0.460 e. The van der Waals surface area contributed by atoms with Crippen LogP contribution < -0.4 is 0 Å². The van der Waals surface area contributed by atoms with Gasteiger partial charge in [0.15, 0.2) is 0 Å². The first kappa shape index (κ1) is 20.3. The fraction of sp³-hybridized carbons (Fsp3) is 0.571. The van der Waals surface area contributed by atoms with Crippen molar-refractivity contribution in [2.45, 2.75) is 70.5 Å². The molecule has 0 spiro atoms. The summed E-state index contributed by atoms with van der Waals surface area (Å²) < 4.78 is 5.03. The average molecular weight is 330 g/mol. The van der Waals surface area contributed by atoms with Crippen molar-refractivity contribution < 1.29 is 14.6 Å². The van der Waals surface area contributed by atoms with E-state index in [1.807, 2.05) is 24.3 Å². The second-order valence-corrected chi connectivity index (χ2v) is 6.17. The molecule has 3 heteroatoms. The maximum absolute atomic E-state index is 11.5. The van der Waals surface area contributed by atoms with E-state index in [2.05, 4.69) is 24.5 Å². The molecule has 1 heterocycles. The lowest BCUT2D eigenvalue weighted by atomic mass is 9.95. The van der Waals surface area contributed by atoms with Gasteiger partial charge in [0.1, 0.15) is 12.2 Å². The zero-order valence-electron chi connectivity index (χ0n) is 14.7. The number of cyclic esters (lactones) is 1. The Kier molecular flexibility index (Phi) is 10.6. The summed E-state index contributed by atoms with van der Waals surface area (Å²) in [5.41, 5.74) is 0. The van der Waals surface area contributed by atoms with E-state index in [1.54, 1.807) is 6.92 Å². The topological polar surface area (TPSA) is 46.5 Å². The highest BCUT2D eigenvalue weighted by Crippen LogP contribution is 2.26. The molecule has 1 rings (SSSR count). The number of carbonyl (C=O) groups is 1. The Morgan fingerprint density at radius 3 is 2.71 bits per heavy atom. The first-order chi connectivity index (χ1) is 11.7. The summed E-state index contributed by atoms with van der Waals surface area (Å²) in [5, 5.41) is 9.85. The van der Waals surface area contributed by atoms with Crippen LogP contribution in [0.3, 0.4) is 0 Å². The van der Waals surface area contributed by atoms with Crippen LogP contribution in [0.25, 0.3) is 0 Å². The molecule has 3 atom stereocenters. The number of allylic oxidation sites excluding steroid dienone is 5. The third-order valence-corrected chi connectivity index (χ3v) is 4.13. The molecule has 0 saturated carbocycles. The molecule has 1 aliphatic heterocycles. The van der Waals surface area contributed by atoms with Crippen LogP contribution >= 0.6 is 0 Å². The molecule has 24 heavy (non-hydrogen) atoms. The smallest absolute Gasteiger partial charge is 0.312 e. The van der Waals surface area contributed by atoms with Gasteiger partial charge >= 0.3 is 5.97 Å². The predicted molar refractivity (Wildman–Crippen MR) is 98.2 cm³/mol. The van der Waals surface area contributed by atoms with Crippen molar-refractivity contribution in [3.05, 3.63) is 37.0 Å². The number of ether oxygens (including phenoxy) is 1. The SMILES string of the molecule is C=CCCC=CC=CC#CCCCCCC[C@H]1C(=O)O[C@@H](C)[C@@H]1O. The molecule has 0 unspecified atom stereocenters. The molecule has 1 N–H and O–H groups in total. The van der Waals surface area contributed by atoms with Crippen LogP contribution in [-0.4, -0.2) is 23.3 Å². The van der Waals surface area contributed by atoms with Crippen molar-refractivity contribution >= 4 is 5.97 Å². The van der Waals surface area contributed by atoms with Gasteiger partial charge in [-0.25, -0.2) is 0 Å². The highest BCUT2D eigenvalue weighted by atomic mass is 16.6. The summed E-state index contributed by atoms with van der Waals surface area (Å²) >= 11 is 0. The Bertz CT molecular complexity index is 493. The number of unbranched alkanes of at least 4 members (excludes halogenated alkanes) is 5. The largest absolute Gasteiger partial charge is 0.460 e. The number of aliphatic hydroxyl groups is 1. The van der Waals surface area contributed by atoms with Gasteiger partial charge in [-0.05, 0) is 38.7 Å². The minimum atomic E-state index is -0.638. The van der Waals surface area contributed by atoms with E-state index in [-0.39, 0.29) is 18.0 Å². The average Bonchev–Trinajstić information content (AvgIpc) is 2.81. The number of hydrogen-bond donors (Lipinski definition) is 1. The fourth-order valence-corrected chi connectivity index (χ4v) is 2.65. The Morgan fingerprint density at radius 1 is 1.21 bits per heavy atom. The normalized spacial score (nSPS) is 23.4. The van der Waals surface area contributed by atoms with E-state index < -0.39 is 6.10 Å². The van der Waals surface area contributed by atoms with Gasteiger partial charge in [0, 0.05) is 6.42 Å². The second kappa shape index (κ2) is 12.6. The van der Waals surface area contributed by atoms with Crippen LogP contribution in [0, 0.1) is 17.8 Å². The van der Waals surface area contributed by atoms with Crippen LogP contribution in [0.1, 0.15) is 58.3 Å². The second-order valence-electron chi connectivity index (χ2n) is 6.17. The van der Waals surface area contributed by atoms with E-state index in [0.717, 1.165) is 51.4 Å². The molecular weight excluding hydrogens is 300 g/mol. The molecule has 0 bridgehead atoms. The van der Waals surface area contributed by atoms with Gasteiger partial charge in [0.05, 0.1) is 5.92 Å². The maximum Gasteiger partial charge on any atom is 0.312 e. The molecule has 0 aromatic carbocycles. The summed E-state index contributed by atoms with van der Waals surface area (Å²) in [6.45, 7) is 5.42. The van der Waals surface area contributed by atoms with Crippen molar-refractivity contribution in [1.82, 2.24) is 0 Å². The van der Waals surface area contributed by atoms with E-state index >= 15 is 0 Å². The van der Waals surface area contributed by atoms with Crippen molar-refractivity contribution in [2.24, 2.45) is 5.92 Å². The molecule has 0 aromatic heterocycles. The number of hydrogen-bond acceptors (Lipinski definition) is 3. The lowest BCUT2D eigenvalue weighted by molar-refractivity contribution is -0.143. The molecule has 1 fully saturated rings. The third kappa shape index (κ3) is 8.17. The zero-order valence-corrected chi connectivity index (χ0v) is 14.7. The fourth-order valence-electron chi connectivity index (χ4n) is 2.65. The van der Waals surface area contributed by atoms with Crippen molar-refractivity contribution in [3.8, 4) is 11.8 Å². The van der Waals surface area contributed by atoms with Gasteiger partial charge in [-0.3, -0.25) is 4.79 Å². The lowest BCUT2D eigenvalue weighted by Crippen LogP contribution is -2.24. The third-order valence-electron chi connectivity index (χ3n) is 4.13. The molecule has 1 saturated heterocycles. The van der Waals surface area contributed by atoms with Crippen molar-refractivity contribution in [1.29, 1.82) is 0 Å². The van der Waals surface area contributed by atoms with Crippen LogP contribution in [0.4, 0.5) is 0 Å². The Balaban J connectivity index is 2.00. The van der Waals surface area contributed by atoms with Gasteiger partial charge in [-0.1, -0.05) is 55.4 Å². The van der Waals surface area contributed by atoms with Gasteiger partial charge in [0.25, 0.3) is 0 Å². The van der Waals surface area contributed by atoms with Crippen LogP contribution in [0.5, 0.6) is 0 Å². The van der Waals surface area contributed by atoms with Gasteiger partial charge < -0.3 is 9.84 Å². The summed E-state index contributed by atoms with van der Waals surface area (Å²) in [5.74, 6) is 5.60. The number of rotatable bonds is 10. The summed E-state index contributed by atoms with van der Waals surface area (Å²) in [6, 6.07) is 0. The van der Waals surface area contributed by atoms with E-state index in [9.17, 15) is 9.90 Å². The van der Waals surface area contributed by atoms with Gasteiger partial charge in [-0.2, -0.15) is 0 Å². The Labute approximate surface area is 146 Å². The summed E-state index contributed by atoms with van der Waals surface area (Å²) in [4.78, 5) is 11.5. The highest BCUT2D eigenvalue weighted by molar-refractivity contribution is 5.75. The summed E-state index contributed by atoms with van der Waals surface area (Å²) in [7, 11) is 0. The quantitative estimate of drug-likeness (QED) is 0.213. The number of aliphatic hydroxyl groups excluding tert-OH is 1. The van der Waals surface area contributed by atoms with Gasteiger partial charge in [0.2, 0.25) is 0 Å². The molecule has 132 valence electrons. The Morgan fingerprint density at radius 2 is 2.00 bits per heavy atom.